The van der Waals surface area contributed by atoms with Gasteiger partial charge in [-0.1, -0.05) is 230 Å². The minimum Gasteiger partial charge on any atom is -0.456 e. The molecule has 2 nitrogen and oxygen atoms in total. The van der Waals surface area contributed by atoms with Gasteiger partial charge in [0.05, 0.1) is 5.41 Å². The second kappa shape index (κ2) is 16.6. The van der Waals surface area contributed by atoms with E-state index in [9.17, 15) is 0 Å². The first-order chi connectivity index (χ1) is 35.2. The Balaban J connectivity index is 1.12. The summed E-state index contributed by atoms with van der Waals surface area (Å²) in [5.74, 6) is 0. The van der Waals surface area contributed by atoms with Crippen molar-refractivity contribution in [1.82, 2.24) is 0 Å². The monoisotopic (exact) mass is 939 g/mol. The van der Waals surface area contributed by atoms with Gasteiger partial charge >= 0.3 is 0 Å². The molecule has 334 valence electrons. The molecule has 0 saturated carbocycles. The number of para-hydroxylation sites is 1. The minimum atomic E-state index is -3.26. The van der Waals surface area contributed by atoms with Gasteiger partial charge in [0.2, 0.25) is 0 Å². The second-order valence-electron chi connectivity index (χ2n) is 18.6. The van der Waals surface area contributed by atoms with Crippen molar-refractivity contribution < 1.29 is 4.42 Å². The van der Waals surface area contributed by atoms with Gasteiger partial charge in [-0.2, -0.15) is 0 Å². The molecule has 11 aromatic carbocycles. The van der Waals surface area contributed by atoms with Gasteiger partial charge in [0.15, 0.2) is 8.07 Å². The maximum Gasteiger partial charge on any atom is 0.182 e. The van der Waals surface area contributed by atoms with Crippen LogP contribution in [0, 0.1) is 0 Å². The molecule has 0 atom stereocenters. The Kier molecular flexibility index (Phi) is 9.73. The fourth-order valence-electron chi connectivity index (χ4n) is 12.2. The van der Waals surface area contributed by atoms with Gasteiger partial charge in [-0.15, -0.1) is 0 Å². The van der Waals surface area contributed by atoms with Crippen LogP contribution in [0.4, 0.5) is 17.1 Å². The Bertz CT molecular complexity index is 3890. The fourth-order valence-corrected chi connectivity index (χ4v) is 18.9. The molecule has 3 heterocycles. The average molecular weight is 940 g/mol. The van der Waals surface area contributed by atoms with Crippen LogP contribution in [0.5, 0.6) is 0 Å². The van der Waals surface area contributed by atoms with Crippen molar-refractivity contribution in [3.63, 3.8) is 0 Å². The number of fused-ring (bicyclic) bond motifs is 11. The molecule has 0 fully saturated rings. The molecule has 2 aliphatic heterocycles. The number of benzene rings is 11. The lowest BCUT2D eigenvalue weighted by Crippen LogP contribution is -2.79. The highest BCUT2D eigenvalue weighted by molar-refractivity contribution is 7.99. The van der Waals surface area contributed by atoms with Crippen LogP contribution in [0.3, 0.4) is 0 Å². The number of rotatable bonds is 7. The van der Waals surface area contributed by atoms with Crippen LogP contribution < -0.4 is 25.6 Å². The first-order valence-corrected chi connectivity index (χ1v) is 27.2. The van der Waals surface area contributed by atoms with Crippen molar-refractivity contribution in [1.29, 1.82) is 0 Å². The summed E-state index contributed by atoms with van der Waals surface area (Å²) < 4.78 is 6.73. The zero-order valence-corrected chi connectivity index (χ0v) is 40.6. The van der Waals surface area contributed by atoms with E-state index < -0.39 is 13.5 Å². The molecule has 0 aliphatic carbocycles. The van der Waals surface area contributed by atoms with Gasteiger partial charge in [-0.05, 0) is 114 Å². The molecule has 0 N–H and O–H groups in total. The van der Waals surface area contributed by atoms with E-state index in [-0.39, 0.29) is 0 Å². The van der Waals surface area contributed by atoms with E-state index in [1.807, 2.05) is 11.8 Å². The molecule has 14 rings (SSSR count). The van der Waals surface area contributed by atoms with Gasteiger partial charge in [-0.25, -0.2) is 0 Å². The van der Waals surface area contributed by atoms with Gasteiger partial charge in [0.25, 0.3) is 0 Å². The minimum absolute atomic E-state index is 0.639. The zero-order valence-electron chi connectivity index (χ0n) is 38.7. The SMILES string of the molecule is c1ccc(-c2ccccc2-c2ccc(N(c3ccc4c(c3)oc3ccccc34)c3cccc4c3[Si](c3ccccc3)(c3ccccc3)c3ccccc3C43c4ccccc4Sc4ccccc43)cc2)cc1. The van der Waals surface area contributed by atoms with E-state index in [0.29, 0.717) is 0 Å². The van der Waals surface area contributed by atoms with E-state index in [4.69, 9.17) is 4.42 Å². The lowest BCUT2D eigenvalue weighted by Gasteiger charge is -2.52. The van der Waals surface area contributed by atoms with E-state index in [1.165, 1.54) is 69.5 Å². The van der Waals surface area contributed by atoms with Crippen LogP contribution in [-0.2, 0) is 5.41 Å². The summed E-state index contributed by atoms with van der Waals surface area (Å²) >= 11 is 1.89. The van der Waals surface area contributed by atoms with Crippen molar-refractivity contribution >= 4 is 79.6 Å². The maximum absolute atomic E-state index is 6.73. The molecule has 0 amide bonds. The molecule has 1 spiro atoms. The maximum atomic E-state index is 6.73. The lowest BCUT2D eigenvalue weighted by molar-refractivity contribution is 0.669. The average Bonchev–Trinajstić information content (AvgIpc) is 3.82. The largest absolute Gasteiger partial charge is 0.456 e. The number of nitrogens with zero attached hydrogens (tertiary/aromatic N) is 1. The molecule has 0 unspecified atom stereocenters. The van der Waals surface area contributed by atoms with Crippen molar-refractivity contribution in [2.45, 2.75) is 15.2 Å². The predicted molar refractivity (Wildman–Crippen MR) is 299 cm³/mol. The van der Waals surface area contributed by atoms with Crippen LogP contribution in [0.25, 0.3) is 44.2 Å². The highest BCUT2D eigenvalue weighted by Crippen LogP contribution is 2.57. The van der Waals surface area contributed by atoms with E-state index in [0.717, 1.165) is 44.6 Å². The Morgan fingerprint density at radius 3 is 1.55 bits per heavy atom. The molecule has 2 aliphatic rings. The molecule has 0 bridgehead atoms. The Hall–Kier alpha value is -8.41. The Labute approximate surface area is 419 Å². The molecular formula is C67H45NOSSi. The van der Waals surface area contributed by atoms with Gasteiger partial charge in [0.1, 0.15) is 11.2 Å². The Morgan fingerprint density at radius 1 is 0.366 bits per heavy atom. The quantitative estimate of drug-likeness (QED) is 0.148. The normalized spacial score (nSPS) is 13.8. The third-order valence-corrected chi connectivity index (χ3v) is 21.2. The summed E-state index contributed by atoms with van der Waals surface area (Å²) in [7, 11) is -3.26. The van der Waals surface area contributed by atoms with E-state index in [2.05, 4.69) is 278 Å². The smallest absolute Gasteiger partial charge is 0.182 e. The number of anilines is 3. The third-order valence-electron chi connectivity index (χ3n) is 15.1. The Morgan fingerprint density at radius 2 is 0.873 bits per heavy atom. The third kappa shape index (κ3) is 6.21. The molecule has 1 aromatic heterocycles. The highest BCUT2D eigenvalue weighted by atomic mass is 32.2. The van der Waals surface area contributed by atoms with Crippen molar-refractivity contribution in [2.24, 2.45) is 0 Å². The highest BCUT2D eigenvalue weighted by Gasteiger charge is 2.58. The standard InChI is InChI=1S/C67H45NOSSi/c1-4-21-46(22-5-1)52-27-10-11-28-53(52)47-39-41-48(42-40-47)68(49-43-44-55-54-29-12-16-35-61(54)69-62(55)45-49)60-34-20-33-59-66(60)71(50-23-6-2-7-24-50,51-25-8-3-9-26-51)65-38-19-15-32-58(65)67(59)56-30-13-17-36-63(56)70-64-37-18-14-31-57(64)67/h1-45H. The molecule has 71 heavy (non-hydrogen) atoms. The number of furan rings is 1. The van der Waals surface area contributed by atoms with Crippen LogP contribution in [0.15, 0.2) is 287 Å². The number of hydrogen-bond donors (Lipinski definition) is 0. The lowest BCUT2D eigenvalue weighted by atomic mass is 9.64. The van der Waals surface area contributed by atoms with Gasteiger partial charge < -0.3 is 9.32 Å². The summed E-state index contributed by atoms with van der Waals surface area (Å²) in [6.45, 7) is 0. The number of hydrogen-bond acceptors (Lipinski definition) is 3. The summed E-state index contributed by atoms with van der Waals surface area (Å²) in [6.07, 6.45) is 0. The molecule has 0 saturated heterocycles. The van der Waals surface area contributed by atoms with Gasteiger partial charge in [-0.3, -0.25) is 0 Å². The zero-order chi connectivity index (χ0) is 46.9. The first kappa shape index (κ1) is 41.5. The summed E-state index contributed by atoms with van der Waals surface area (Å²) in [6, 6.07) is 102. The predicted octanol–water partition coefficient (Wildman–Crippen LogP) is 14.9. The topological polar surface area (TPSA) is 16.4 Å². The van der Waals surface area contributed by atoms with E-state index >= 15 is 0 Å². The summed E-state index contributed by atoms with van der Waals surface area (Å²) in [4.78, 5) is 5.09. The summed E-state index contributed by atoms with van der Waals surface area (Å²) in [5.41, 5.74) is 14.4. The van der Waals surface area contributed by atoms with Crippen LogP contribution in [0.1, 0.15) is 22.3 Å². The fraction of sp³-hybridized carbons (Fsp3) is 0.0149. The van der Waals surface area contributed by atoms with Crippen molar-refractivity contribution in [2.75, 3.05) is 4.90 Å². The van der Waals surface area contributed by atoms with Gasteiger partial charge in [0, 0.05) is 43.7 Å². The van der Waals surface area contributed by atoms with Crippen LogP contribution in [-0.4, -0.2) is 8.07 Å². The van der Waals surface area contributed by atoms with Crippen molar-refractivity contribution in [3.8, 4) is 22.3 Å². The van der Waals surface area contributed by atoms with Crippen LogP contribution in [0.2, 0.25) is 0 Å². The molecule has 12 aromatic rings. The van der Waals surface area contributed by atoms with E-state index in [1.54, 1.807) is 0 Å². The molecule has 4 heteroatoms. The molecular weight excluding hydrogens is 895 g/mol. The summed E-state index contributed by atoms with van der Waals surface area (Å²) in [5, 5.41) is 7.67. The van der Waals surface area contributed by atoms with Crippen molar-refractivity contribution in [3.05, 3.63) is 295 Å². The first-order valence-electron chi connectivity index (χ1n) is 24.4. The van der Waals surface area contributed by atoms with Crippen LogP contribution >= 0.6 is 11.8 Å². The molecule has 0 radical (unpaired) electrons. The second-order valence-corrected chi connectivity index (χ2v) is 23.4.